The number of amides is 1. The third-order valence-electron chi connectivity index (χ3n) is 4.65. The third kappa shape index (κ3) is 11.8. The first-order valence-electron chi connectivity index (χ1n) is 11.0. The van der Waals surface area contributed by atoms with E-state index in [4.69, 9.17) is 11.6 Å². The molecule has 0 bridgehead atoms. The Morgan fingerprint density at radius 3 is 2.40 bits per heavy atom. The van der Waals surface area contributed by atoms with Gasteiger partial charge in [-0.15, -0.1) is 22.6 Å². The number of thioether (sulfide) groups is 1. The van der Waals surface area contributed by atoms with E-state index in [0.29, 0.717) is 35.2 Å². The number of allylic oxidation sites excluding steroid dienone is 4. The summed E-state index contributed by atoms with van der Waals surface area (Å²) in [6.45, 7) is 17.7. The van der Waals surface area contributed by atoms with E-state index < -0.39 is 0 Å². The van der Waals surface area contributed by atoms with Crippen molar-refractivity contribution in [2.24, 2.45) is 15.2 Å². The maximum absolute atomic E-state index is 11.2. The molecule has 0 atom stereocenters. The van der Waals surface area contributed by atoms with Crippen LogP contribution in [0.5, 0.6) is 0 Å². The largest absolute Gasteiger partial charge is 0.374 e. The summed E-state index contributed by atoms with van der Waals surface area (Å²) in [5.41, 5.74) is 8.95. The summed E-state index contributed by atoms with van der Waals surface area (Å²) in [6.07, 6.45) is 2.58. The zero-order valence-corrected chi connectivity index (χ0v) is 22.9. The molecule has 1 rings (SSSR count). The average Bonchev–Trinajstić information content (AvgIpc) is 2.81. The Hall–Kier alpha value is -3.06. The van der Waals surface area contributed by atoms with E-state index in [2.05, 4.69) is 44.7 Å². The van der Waals surface area contributed by atoms with Gasteiger partial charge in [0.1, 0.15) is 13.7 Å². The highest BCUT2D eigenvalue weighted by molar-refractivity contribution is 8.14. The van der Waals surface area contributed by atoms with Gasteiger partial charge in [0.2, 0.25) is 6.41 Å². The van der Waals surface area contributed by atoms with Crippen molar-refractivity contribution in [1.82, 2.24) is 10.6 Å². The lowest BCUT2D eigenvalue weighted by molar-refractivity contribution is -0.108. The number of carbonyl (C=O) groups is 1. The van der Waals surface area contributed by atoms with Crippen molar-refractivity contribution in [2.75, 3.05) is 5.75 Å². The molecule has 0 aliphatic rings. The van der Waals surface area contributed by atoms with Crippen LogP contribution in [0.1, 0.15) is 40.2 Å². The van der Waals surface area contributed by atoms with Crippen LogP contribution in [0.4, 0.5) is 0 Å². The van der Waals surface area contributed by atoms with Crippen LogP contribution in [-0.4, -0.2) is 36.5 Å². The maximum Gasteiger partial charge on any atom is 0.212 e. The molecular formula is C26H33BClN5OS. The van der Waals surface area contributed by atoms with Crippen LogP contribution in [0, 0.1) is 0 Å². The van der Waals surface area contributed by atoms with Crippen LogP contribution in [0.3, 0.4) is 0 Å². The molecule has 0 aliphatic carbocycles. The van der Waals surface area contributed by atoms with E-state index >= 15 is 0 Å². The lowest BCUT2D eigenvalue weighted by atomic mass is 9.90. The number of rotatable bonds is 12. The van der Waals surface area contributed by atoms with Crippen LogP contribution < -0.4 is 10.6 Å². The van der Waals surface area contributed by atoms with Crippen molar-refractivity contribution >= 4 is 54.1 Å². The molecule has 2 N–H and O–H groups in total. The fraction of sp³-hybridized carbons (Fsp3) is 0.269. The number of aliphatic imine (C=N–C) groups is 1. The highest BCUT2D eigenvalue weighted by Crippen LogP contribution is 2.15. The second kappa shape index (κ2) is 15.8. The van der Waals surface area contributed by atoms with Gasteiger partial charge in [-0.05, 0) is 52.3 Å². The zero-order chi connectivity index (χ0) is 26.4. The van der Waals surface area contributed by atoms with Gasteiger partial charge in [0.15, 0.2) is 0 Å². The first-order chi connectivity index (χ1) is 16.6. The number of nitrogens with zero attached hydrogens (tertiary/aromatic N) is 3. The third-order valence-corrected chi connectivity index (χ3v) is 5.97. The van der Waals surface area contributed by atoms with Gasteiger partial charge in [0.05, 0.1) is 16.5 Å². The van der Waals surface area contributed by atoms with Gasteiger partial charge < -0.3 is 10.6 Å². The first kappa shape index (κ1) is 30.0. The van der Waals surface area contributed by atoms with E-state index in [1.165, 1.54) is 11.8 Å². The minimum Gasteiger partial charge on any atom is -0.374 e. The Bertz CT molecular complexity index is 1130. The highest BCUT2D eigenvalue weighted by Gasteiger charge is 2.08. The Morgan fingerprint density at radius 1 is 1.17 bits per heavy atom. The topological polar surface area (TPSA) is 78.2 Å². The fourth-order valence-corrected chi connectivity index (χ4v) is 3.39. The van der Waals surface area contributed by atoms with Crippen LogP contribution in [0.25, 0.3) is 0 Å². The van der Waals surface area contributed by atoms with E-state index in [0.717, 1.165) is 38.6 Å². The van der Waals surface area contributed by atoms with Gasteiger partial charge in [-0.1, -0.05) is 54.0 Å². The SMILES string of the molecule is BC(=C/C(=C)C)/C(C)=N\N=C(/C)SC/C(C)=N/C(NC=O)=C(\C)C(=C=C)NCc1ccc(Cl)cc1. The van der Waals surface area contributed by atoms with Gasteiger partial charge in [0, 0.05) is 28.6 Å². The minimum absolute atomic E-state index is 0.428. The predicted molar refractivity (Wildman–Crippen MR) is 156 cm³/mol. The molecule has 0 saturated carbocycles. The number of nitrogens with one attached hydrogen (secondary N) is 2. The van der Waals surface area contributed by atoms with Crippen molar-refractivity contribution in [3.63, 3.8) is 0 Å². The van der Waals surface area contributed by atoms with Gasteiger partial charge in [-0.2, -0.15) is 5.10 Å². The lowest BCUT2D eigenvalue weighted by Gasteiger charge is -2.13. The molecule has 0 heterocycles. The average molecular weight is 510 g/mol. The minimum atomic E-state index is 0.428. The van der Waals surface area contributed by atoms with Gasteiger partial charge >= 0.3 is 0 Å². The summed E-state index contributed by atoms with van der Waals surface area (Å²) < 4.78 is 0. The van der Waals surface area contributed by atoms with E-state index in [9.17, 15) is 4.79 Å². The second-order valence-corrected chi connectivity index (χ2v) is 9.49. The molecule has 35 heavy (non-hydrogen) atoms. The Morgan fingerprint density at radius 2 is 1.83 bits per heavy atom. The van der Waals surface area contributed by atoms with E-state index in [1.807, 2.05) is 72.8 Å². The van der Waals surface area contributed by atoms with Gasteiger partial charge in [-0.3, -0.25) is 4.79 Å². The molecule has 6 nitrogen and oxygen atoms in total. The van der Waals surface area contributed by atoms with Crippen molar-refractivity contribution in [3.8, 4) is 0 Å². The lowest BCUT2D eigenvalue weighted by Crippen LogP contribution is -2.19. The molecule has 0 saturated heterocycles. The summed E-state index contributed by atoms with van der Waals surface area (Å²) in [7, 11) is 1.98. The quantitative estimate of drug-likeness (QED) is 0.0777. The molecule has 0 aliphatic heterocycles. The zero-order valence-electron chi connectivity index (χ0n) is 21.3. The van der Waals surface area contributed by atoms with Crippen LogP contribution >= 0.6 is 23.4 Å². The molecule has 9 heteroatoms. The molecule has 0 spiro atoms. The standard InChI is InChI=1S/C26H33BClN5OS/c1-8-25(29-14-22-9-11-23(28)12-10-22)19(5)26(30-16-34)31-18(4)15-35-21(7)33-32-20(6)24(27)13-17(2)3/h9-13,16,29H,1-2,14-15,27H2,3-7H3,(H,30,34)/b24-13+,26-19+,31-18+,32-20-,33-21+. The fourth-order valence-electron chi connectivity index (χ4n) is 2.68. The second-order valence-electron chi connectivity index (χ2n) is 7.88. The Kier molecular flexibility index (Phi) is 13.5. The van der Waals surface area contributed by atoms with E-state index in [1.54, 1.807) is 0 Å². The molecule has 0 unspecified atom stereocenters. The van der Waals surface area contributed by atoms with Crippen LogP contribution in [-0.2, 0) is 11.3 Å². The molecule has 1 aromatic rings. The van der Waals surface area contributed by atoms with Crippen molar-refractivity contribution in [1.29, 1.82) is 0 Å². The highest BCUT2D eigenvalue weighted by atomic mass is 35.5. The number of hydrogen-bond donors (Lipinski definition) is 2. The summed E-state index contributed by atoms with van der Waals surface area (Å²) in [5.74, 6) is 1.02. The predicted octanol–water partition coefficient (Wildman–Crippen LogP) is 5.16. The summed E-state index contributed by atoms with van der Waals surface area (Å²) in [4.78, 5) is 15.8. The molecule has 184 valence electrons. The molecular weight excluding hydrogens is 477 g/mol. The molecule has 0 aromatic heterocycles. The smallest absolute Gasteiger partial charge is 0.212 e. The number of benzene rings is 1. The monoisotopic (exact) mass is 509 g/mol. The van der Waals surface area contributed by atoms with Gasteiger partial charge in [0.25, 0.3) is 0 Å². The molecule has 0 fully saturated rings. The van der Waals surface area contributed by atoms with Crippen molar-refractivity contribution in [2.45, 2.75) is 41.2 Å². The maximum atomic E-state index is 11.2. The summed E-state index contributed by atoms with van der Waals surface area (Å²) >= 11 is 7.47. The van der Waals surface area contributed by atoms with Crippen molar-refractivity contribution < 1.29 is 4.79 Å². The van der Waals surface area contributed by atoms with Gasteiger partial charge in [-0.25, -0.2) is 4.99 Å². The number of carbonyl (C=O) groups excluding carboxylic acids is 1. The molecule has 1 amide bonds. The normalized spacial score (nSPS) is 13.5. The summed E-state index contributed by atoms with van der Waals surface area (Å²) in [6, 6.07) is 7.54. The number of halogens is 1. The van der Waals surface area contributed by atoms with Crippen LogP contribution in [0.15, 0.2) is 92.6 Å². The Labute approximate surface area is 219 Å². The molecule has 0 radical (unpaired) electrons. The first-order valence-corrected chi connectivity index (χ1v) is 12.3. The van der Waals surface area contributed by atoms with Crippen molar-refractivity contribution in [3.05, 3.63) is 88.0 Å². The van der Waals surface area contributed by atoms with Crippen LogP contribution in [0.2, 0.25) is 5.02 Å². The Balaban J connectivity index is 2.93. The van der Waals surface area contributed by atoms with E-state index in [-0.39, 0.29) is 0 Å². The number of hydrogen-bond acceptors (Lipinski definition) is 6. The summed E-state index contributed by atoms with van der Waals surface area (Å²) in [5, 5.41) is 16.0. The molecule has 1 aromatic carbocycles.